The van der Waals surface area contributed by atoms with Gasteiger partial charge in [-0.1, -0.05) is 23.3 Å². The summed E-state index contributed by atoms with van der Waals surface area (Å²) in [5, 5.41) is 21.2. The van der Waals surface area contributed by atoms with Crippen LogP contribution in [0.5, 0.6) is 0 Å². The van der Waals surface area contributed by atoms with E-state index in [1.165, 1.54) is 0 Å². The van der Waals surface area contributed by atoms with Gasteiger partial charge in [-0.2, -0.15) is 4.68 Å². The van der Waals surface area contributed by atoms with Gasteiger partial charge in [-0.05, 0) is 54.2 Å². The van der Waals surface area contributed by atoms with E-state index in [2.05, 4.69) is 20.4 Å². The van der Waals surface area contributed by atoms with Crippen LogP contribution in [0.3, 0.4) is 0 Å². The number of carboxylic acids is 1. The van der Waals surface area contributed by atoms with Crippen LogP contribution in [0.15, 0.2) is 30.3 Å². The maximum atomic E-state index is 11.1. The quantitative estimate of drug-likeness (QED) is 0.899. The summed E-state index contributed by atoms with van der Waals surface area (Å²) in [6.07, 6.45) is 2.80. The van der Waals surface area contributed by atoms with Gasteiger partial charge in [0, 0.05) is 13.1 Å². The first-order chi connectivity index (χ1) is 12.2. The van der Waals surface area contributed by atoms with E-state index in [0.717, 1.165) is 44.0 Å². The summed E-state index contributed by atoms with van der Waals surface area (Å²) in [5.41, 5.74) is 0.938. The number of para-hydroxylation sites is 1. The molecule has 0 unspecified atom stereocenters. The molecule has 2 atom stereocenters. The molecule has 0 amide bonds. The number of aromatic nitrogens is 4. The zero-order valence-electron chi connectivity index (χ0n) is 13.9. The maximum absolute atomic E-state index is 11.1. The number of aliphatic carboxylic acids is 1. The Kier molecular flexibility index (Phi) is 4.35. The molecule has 2 fully saturated rings. The first-order valence-corrected chi connectivity index (χ1v) is 8.69. The van der Waals surface area contributed by atoms with Crippen LogP contribution < -0.4 is 4.90 Å². The standard InChI is InChI=1S/C17H21N5O3/c23-16(24)15-7-6-14(25-15)12-8-10-21(11-9-12)17-18-19-20-22(17)13-4-2-1-3-5-13/h1-5,12,14-15H,6-11H2,(H,23,24)/t14-,15+/m0/s1. The third kappa shape index (κ3) is 3.21. The predicted octanol–water partition coefficient (Wildman–Crippen LogP) is 1.51. The highest BCUT2D eigenvalue weighted by atomic mass is 16.5. The first-order valence-electron chi connectivity index (χ1n) is 8.69. The molecule has 25 heavy (non-hydrogen) atoms. The average molecular weight is 343 g/mol. The molecule has 1 N–H and O–H groups in total. The lowest BCUT2D eigenvalue weighted by molar-refractivity contribution is -0.150. The van der Waals surface area contributed by atoms with Gasteiger partial charge in [0.15, 0.2) is 6.10 Å². The number of hydrogen-bond donors (Lipinski definition) is 1. The molecule has 2 aliphatic rings. The van der Waals surface area contributed by atoms with Gasteiger partial charge in [-0.15, -0.1) is 0 Å². The number of ether oxygens (including phenoxy) is 1. The molecule has 4 rings (SSSR count). The zero-order valence-corrected chi connectivity index (χ0v) is 13.9. The highest BCUT2D eigenvalue weighted by Crippen LogP contribution is 2.33. The summed E-state index contributed by atoms with van der Waals surface area (Å²) in [4.78, 5) is 13.2. The van der Waals surface area contributed by atoms with Gasteiger partial charge >= 0.3 is 5.97 Å². The Morgan fingerprint density at radius 2 is 1.88 bits per heavy atom. The van der Waals surface area contributed by atoms with Crippen molar-refractivity contribution in [1.29, 1.82) is 0 Å². The van der Waals surface area contributed by atoms with Crippen LogP contribution in [0.1, 0.15) is 25.7 Å². The molecule has 0 bridgehead atoms. The van der Waals surface area contributed by atoms with Crippen LogP contribution in [0.4, 0.5) is 5.95 Å². The molecular formula is C17H21N5O3. The average Bonchev–Trinajstić information content (AvgIpc) is 3.32. The molecule has 1 aromatic carbocycles. The second-order valence-corrected chi connectivity index (χ2v) is 6.63. The highest BCUT2D eigenvalue weighted by Gasteiger charge is 2.37. The van der Waals surface area contributed by atoms with E-state index in [9.17, 15) is 4.79 Å². The van der Waals surface area contributed by atoms with Crippen LogP contribution in [-0.2, 0) is 9.53 Å². The minimum absolute atomic E-state index is 0.0633. The summed E-state index contributed by atoms with van der Waals surface area (Å²) >= 11 is 0. The van der Waals surface area contributed by atoms with E-state index in [1.807, 2.05) is 30.3 Å². The zero-order chi connectivity index (χ0) is 17.2. The monoisotopic (exact) mass is 343 g/mol. The van der Waals surface area contributed by atoms with Crippen molar-refractivity contribution in [3.63, 3.8) is 0 Å². The SMILES string of the molecule is O=C(O)[C@H]1CC[C@@H](C2CCN(c3nnnn3-c3ccccc3)CC2)O1. The Morgan fingerprint density at radius 1 is 1.12 bits per heavy atom. The van der Waals surface area contributed by atoms with Gasteiger partial charge in [-0.25, -0.2) is 4.79 Å². The molecule has 8 heteroatoms. The molecule has 3 heterocycles. The van der Waals surface area contributed by atoms with Crippen LogP contribution in [-0.4, -0.2) is 56.6 Å². The molecule has 8 nitrogen and oxygen atoms in total. The van der Waals surface area contributed by atoms with Crippen molar-refractivity contribution in [2.24, 2.45) is 5.92 Å². The van der Waals surface area contributed by atoms with Gasteiger partial charge in [0.1, 0.15) is 0 Å². The molecule has 2 saturated heterocycles. The van der Waals surface area contributed by atoms with E-state index in [4.69, 9.17) is 9.84 Å². The molecule has 2 aliphatic heterocycles. The van der Waals surface area contributed by atoms with Gasteiger partial charge in [0.2, 0.25) is 5.95 Å². The van der Waals surface area contributed by atoms with E-state index < -0.39 is 12.1 Å². The summed E-state index contributed by atoms with van der Waals surface area (Å²) < 4.78 is 7.47. The third-order valence-corrected chi connectivity index (χ3v) is 5.13. The van der Waals surface area contributed by atoms with Crippen LogP contribution in [0, 0.1) is 5.92 Å². The predicted molar refractivity (Wildman–Crippen MR) is 89.6 cm³/mol. The Bertz CT molecular complexity index is 727. The number of piperidine rings is 1. The van der Waals surface area contributed by atoms with Gasteiger partial charge in [0.05, 0.1) is 11.8 Å². The molecule has 0 radical (unpaired) electrons. The molecule has 0 aliphatic carbocycles. The Labute approximate surface area is 145 Å². The van der Waals surface area contributed by atoms with Crippen LogP contribution in [0.2, 0.25) is 0 Å². The largest absolute Gasteiger partial charge is 0.479 e. The highest BCUT2D eigenvalue weighted by molar-refractivity contribution is 5.72. The van der Waals surface area contributed by atoms with Gasteiger partial charge in [0.25, 0.3) is 0 Å². The van der Waals surface area contributed by atoms with Crippen LogP contribution >= 0.6 is 0 Å². The normalized spacial score (nSPS) is 24.6. The molecule has 0 spiro atoms. The number of benzene rings is 1. The summed E-state index contributed by atoms with van der Waals surface area (Å²) in [5.74, 6) is 0.309. The second kappa shape index (κ2) is 6.79. The molecule has 0 saturated carbocycles. The van der Waals surface area contributed by atoms with Crippen molar-refractivity contribution in [1.82, 2.24) is 20.2 Å². The van der Waals surface area contributed by atoms with E-state index >= 15 is 0 Å². The fraction of sp³-hybridized carbons (Fsp3) is 0.529. The summed E-state index contributed by atoms with van der Waals surface area (Å²) in [7, 11) is 0. The number of carboxylic acid groups (broad SMARTS) is 1. The Morgan fingerprint density at radius 3 is 2.56 bits per heavy atom. The smallest absolute Gasteiger partial charge is 0.332 e. The van der Waals surface area contributed by atoms with Crippen molar-refractivity contribution in [2.75, 3.05) is 18.0 Å². The first kappa shape index (κ1) is 16.0. The van der Waals surface area contributed by atoms with E-state index in [-0.39, 0.29) is 6.10 Å². The van der Waals surface area contributed by atoms with Crippen molar-refractivity contribution in [2.45, 2.75) is 37.9 Å². The number of hydrogen-bond acceptors (Lipinski definition) is 6. The fourth-order valence-corrected chi connectivity index (χ4v) is 3.78. The topological polar surface area (TPSA) is 93.4 Å². The molecule has 2 aromatic rings. The van der Waals surface area contributed by atoms with Crippen molar-refractivity contribution in [3.8, 4) is 5.69 Å². The van der Waals surface area contributed by atoms with Crippen molar-refractivity contribution in [3.05, 3.63) is 30.3 Å². The minimum Gasteiger partial charge on any atom is -0.479 e. The maximum Gasteiger partial charge on any atom is 0.332 e. The Balaban J connectivity index is 1.40. The van der Waals surface area contributed by atoms with Crippen LogP contribution in [0.25, 0.3) is 5.69 Å². The lowest BCUT2D eigenvalue weighted by Crippen LogP contribution is -2.39. The van der Waals surface area contributed by atoms with E-state index in [0.29, 0.717) is 12.3 Å². The lowest BCUT2D eigenvalue weighted by atomic mass is 9.90. The summed E-state index contributed by atoms with van der Waals surface area (Å²) in [6.45, 7) is 1.69. The van der Waals surface area contributed by atoms with Gasteiger partial charge in [-0.3, -0.25) is 0 Å². The molecule has 132 valence electrons. The summed E-state index contributed by atoms with van der Waals surface area (Å²) in [6, 6.07) is 9.84. The Hall–Kier alpha value is -2.48. The third-order valence-electron chi connectivity index (χ3n) is 5.13. The van der Waals surface area contributed by atoms with Crippen molar-refractivity contribution < 1.29 is 14.6 Å². The number of tetrazole rings is 1. The minimum atomic E-state index is -0.845. The lowest BCUT2D eigenvalue weighted by Gasteiger charge is -2.34. The van der Waals surface area contributed by atoms with Crippen molar-refractivity contribution >= 4 is 11.9 Å². The van der Waals surface area contributed by atoms with E-state index in [1.54, 1.807) is 4.68 Å². The number of nitrogens with zero attached hydrogens (tertiary/aromatic N) is 5. The number of anilines is 1. The molecule has 1 aromatic heterocycles. The number of carbonyl (C=O) groups is 1. The number of rotatable bonds is 4. The second-order valence-electron chi connectivity index (χ2n) is 6.63. The van der Waals surface area contributed by atoms with Gasteiger partial charge < -0.3 is 14.7 Å². The molecular weight excluding hydrogens is 322 g/mol. The fourth-order valence-electron chi connectivity index (χ4n) is 3.78.